The van der Waals surface area contributed by atoms with Crippen molar-refractivity contribution in [3.8, 4) is 45.8 Å². The van der Waals surface area contributed by atoms with Gasteiger partial charge in [-0.15, -0.1) is 0 Å². The van der Waals surface area contributed by atoms with Gasteiger partial charge in [-0.05, 0) is 12.1 Å². The molecule has 10 atom stereocenters. The zero-order valence-corrected chi connectivity index (χ0v) is 22.8. The molecule has 2 saturated heterocycles. The maximum Gasteiger partial charge on any atom is 0.239 e. The molecule has 5 rings (SSSR count). The monoisotopic (exact) mass is 642 g/mol. The average Bonchev–Trinajstić information content (AvgIpc) is 2.99. The van der Waals surface area contributed by atoms with Crippen molar-refractivity contribution in [2.45, 2.75) is 61.4 Å². The molecule has 0 radical (unpaired) electrons. The molecule has 0 bridgehead atoms. The second-order valence-electron chi connectivity index (χ2n) is 10.5. The van der Waals surface area contributed by atoms with Gasteiger partial charge in [-0.2, -0.15) is 0 Å². The summed E-state index contributed by atoms with van der Waals surface area (Å²) in [5, 5.41) is 121. The highest BCUT2D eigenvalue weighted by molar-refractivity contribution is 5.88. The second kappa shape index (κ2) is 12.4. The molecule has 2 aliphatic rings. The molecule has 0 unspecified atom stereocenters. The van der Waals surface area contributed by atoms with Gasteiger partial charge in [0.05, 0.1) is 13.2 Å². The first-order chi connectivity index (χ1) is 21.2. The first kappa shape index (κ1) is 32.4. The van der Waals surface area contributed by atoms with Crippen molar-refractivity contribution in [3.05, 3.63) is 34.5 Å². The number of aliphatic hydroxyl groups excluding tert-OH is 7. The van der Waals surface area contributed by atoms with Gasteiger partial charge < -0.3 is 84.6 Å². The SMILES string of the molecule is O=c1c(O[C@H]2O[C@H](CO[C@H]3O[C@H](CO)[C@@H](O)[C@@H](O)[C@@H]3O)[C@@H](O)[C@@H](O)[C@H]2O)c(-c2cc(O)c(O)c(O)c2)oc2cc(O)cc(O)c12. The number of phenols is 5. The molecule has 0 saturated carbocycles. The highest BCUT2D eigenvalue weighted by atomic mass is 16.7. The minimum atomic E-state index is -2.05. The van der Waals surface area contributed by atoms with Gasteiger partial charge in [0.2, 0.25) is 17.5 Å². The van der Waals surface area contributed by atoms with Gasteiger partial charge in [0.1, 0.15) is 71.3 Å². The summed E-state index contributed by atoms with van der Waals surface area (Å²) in [6, 6.07) is 3.51. The van der Waals surface area contributed by atoms with E-state index >= 15 is 0 Å². The van der Waals surface area contributed by atoms with Crippen LogP contribution in [0, 0.1) is 0 Å². The molecular weight excluding hydrogens is 612 g/mol. The zero-order chi connectivity index (χ0) is 32.9. The normalized spacial score (nSPS) is 32.1. The molecule has 0 aliphatic carbocycles. The third-order valence-electron chi connectivity index (χ3n) is 7.43. The number of hydrogen-bond acceptors (Lipinski definition) is 18. The number of fused-ring (bicyclic) bond motifs is 1. The Hall–Kier alpha value is -3.95. The second-order valence-corrected chi connectivity index (χ2v) is 10.5. The van der Waals surface area contributed by atoms with Gasteiger partial charge in [0.25, 0.3) is 0 Å². The summed E-state index contributed by atoms with van der Waals surface area (Å²) in [4.78, 5) is 13.6. The van der Waals surface area contributed by atoms with Crippen LogP contribution in [-0.2, 0) is 14.2 Å². The largest absolute Gasteiger partial charge is 0.508 e. The lowest BCUT2D eigenvalue weighted by Crippen LogP contribution is -2.62. The fourth-order valence-corrected chi connectivity index (χ4v) is 4.96. The van der Waals surface area contributed by atoms with Crippen molar-refractivity contribution in [1.29, 1.82) is 0 Å². The third kappa shape index (κ3) is 5.91. The fraction of sp³-hybridized carbons (Fsp3) is 0.444. The highest BCUT2D eigenvalue weighted by Crippen LogP contribution is 2.43. The topological polar surface area (TPSA) is 310 Å². The van der Waals surface area contributed by atoms with Crippen molar-refractivity contribution in [3.63, 3.8) is 0 Å². The van der Waals surface area contributed by atoms with Crippen molar-refractivity contribution in [2.24, 2.45) is 0 Å². The third-order valence-corrected chi connectivity index (χ3v) is 7.43. The lowest BCUT2D eigenvalue weighted by molar-refractivity contribution is -0.323. The van der Waals surface area contributed by atoms with Crippen LogP contribution in [-0.4, -0.2) is 136 Å². The van der Waals surface area contributed by atoms with Crippen LogP contribution in [0.1, 0.15) is 0 Å². The van der Waals surface area contributed by atoms with E-state index in [2.05, 4.69) is 0 Å². The van der Waals surface area contributed by atoms with E-state index in [1.165, 1.54) is 0 Å². The number of aliphatic hydroxyl groups is 7. The van der Waals surface area contributed by atoms with Crippen molar-refractivity contribution in [1.82, 2.24) is 0 Å². The van der Waals surface area contributed by atoms with E-state index < -0.39 is 131 Å². The van der Waals surface area contributed by atoms with E-state index in [0.717, 1.165) is 24.3 Å². The van der Waals surface area contributed by atoms with Crippen LogP contribution in [0.25, 0.3) is 22.3 Å². The summed E-state index contributed by atoms with van der Waals surface area (Å²) in [6.07, 6.45) is -17.8. The molecular formula is C27H30O18. The number of hydrogen-bond donors (Lipinski definition) is 12. The molecule has 2 aliphatic heterocycles. The number of ether oxygens (including phenoxy) is 4. The highest BCUT2D eigenvalue weighted by Gasteiger charge is 2.48. The molecule has 0 amide bonds. The Morgan fingerprint density at radius 1 is 0.689 bits per heavy atom. The summed E-state index contributed by atoms with van der Waals surface area (Å²) in [5.74, 6) is -5.28. The van der Waals surface area contributed by atoms with Crippen LogP contribution in [0.15, 0.2) is 33.5 Å². The van der Waals surface area contributed by atoms with E-state index in [9.17, 15) is 66.1 Å². The number of aromatic hydroxyl groups is 5. The van der Waals surface area contributed by atoms with Crippen LogP contribution in [0.2, 0.25) is 0 Å². The quantitative estimate of drug-likeness (QED) is 0.114. The Balaban J connectivity index is 1.49. The molecule has 0 spiro atoms. The Labute approximate surface area is 250 Å². The smallest absolute Gasteiger partial charge is 0.239 e. The first-order valence-electron chi connectivity index (χ1n) is 13.3. The Morgan fingerprint density at radius 3 is 1.89 bits per heavy atom. The Morgan fingerprint density at radius 2 is 1.27 bits per heavy atom. The zero-order valence-electron chi connectivity index (χ0n) is 22.8. The predicted molar refractivity (Wildman–Crippen MR) is 143 cm³/mol. The van der Waals surface area contributed by atoms with Crippen molar-refractivity contribution in [2.75, 3.05) is 13.2 Å². The minimum Gasteiger partial charge on any atom is -0.508 e. The lowest BCUT2D eigenvalue weighted by atomic mass is 9.98. The molecule has 2 fully saturated rings. The van der Waals surface area contributed by atoms with Gasteiger partial charge in [0.15, 0.2) is 29.3 Å². The predicted octanol–water partition coefficient (Wildman–Crippen LogP) is -3.01. The minimum absolute atomic E-state index is 0.284. The van der Waals surface area contributed by atoms with Crippen LogP contribution in [0.4, 0.5) is 0 Å². The summed E-state index contributed by atoms with van der Waals surface area (Å²) in [6.45, 7) is -1.47. The molecule has 2 aromatic carbocycles. The summed E-state index contributed by atoms with van der Waals surface area (Å²) in [7, 11) is 0. The number of benzene rings is 2. The Bertz CT molecular complexity index is 1580. The summed E-state index contributed by atoms with van der Waals surface area (Å²) >= 11 is 0. The average molecular weight is 643 g/mol. The lowest BCUT2D eigenvalue weighted by Gasteiger charge is -2.42. The van der Waals surface area contributed by atoms with Gasteiger partial charge in [-0.3, -0.25) is 4.79 Å². The molecule has 1 aromatic heterocycles. The first-order valence-corrected chi connectivity index (χ1v) is 13.3. The van der Waals surface area contributed by atoms with E-state index in [1.807, 2.05) is 0 Å². The van der Waals surface area contributed by atoms with Crippen LogP contribution in [0.3, 0.4) is 0 Å². The maximum absolute atomic E-state index is 13.6. The summed E-state index contributed by atoms with van der Waals surface area (Å²) < 4.78 is 27.5. The fourth-order valence-electron chi connectivity index (χ4n) is 4.96. The standard InChI is InChI=1S/C27H30O18/c28-5-13-17(34)20(37)22(39)26(43-13)41-6-14-18(35)21(38)23(40)27(44-14)45-25-19(36)15-9(30)3-8(29)4-12(15)42-24(25)7-1-10(31)16(33)11(32)2-7/h1-4,13-14,17-18,20-23,26-35,37-40H,5-6H2/t13-,14-,17-,18-,20-,21-,22+,23-,26+,27-/m1/s1. The van der Waals surface area contributed by atoms with Crippen LogP contribution >= 0.6 is 0 Å². The van der Waals surface area contributed by atoms with Crippen molar-refractivity contribution < 1.29 is 84.6 Å². The molecule has 18 heteroatoms. The number of phenolic OH excluding ortho intramolecular Hbond substituents is 5. The van der Waals surface area contributed by atoms with Gasteiger partial charge in [-0.25, -0.2) is 0 Å². The Kier molecular flexibility index (Phi) is 8.97. The molecule has 18 nitrogen and oxygen atoms in total. The summed E-state index contributed by atoms with van der Waals surface area (Å²) in [5.41, 5.74) is -1.80. The molecule has 3 aromatic rings. The van der Waals surface area contributed by atoms with E-state index in [-0.39, 0.29) is 5.56 Å². The van der Waals surface area contributed by atoms with E-state index in [4.69, 9.17) is 23.4 Å². The molecule has 45 heavy (non-hydrogen) atoms. The number of rotatable bonds is 7. The van der Waals surface area contributed by atoms with Gasteiger partial charge in [0, 0.05) is 17.7 Å². The van der Waals surface area contributed by atoms with Crippen LogP contribution in [0.5, 0.6) is 34.5 Å². The van der Waals surface area contributed by atoms with Gasteiger partial charge in [-0.1, -0.05) is 0 Å². The maximum atomic E-state index is 13.6. The van der Waals surface area contributed by atoms with Crippen molar-refractivity contribution >= 4 is 11.0 Å². The van der Waals surface area contributed by atoms with Crippen LogP contribution < -0.4 is 10.2 Å². The van der Waals surface area contributed by atoms with E-state index in [1.54, 1.807) is 0 Å². The molecule has 246 valence electrons. The molecule has 3 heterocycles. The van der Waals surface area contributed by atoms with Gasteiger partial charge >= 0.3 is 0 Å². The van der Waals surface area contributed by atoms with E-state index in [0.29, 0.717) is 0 Å². The molecule has 12 N–H and O–H groups in total.